The Bertz CT molecular complexity index is 507. The number of hydrogen-bond donors (Lipinski definition) is 1. The minimum absolute atomic E-state index is 0.107. The molecule has 0 spiro atoms. The Morgan fingerprint density at radius 1 is 0.950 bits per heavy atom. The van der Waals surface area contributed by atoms with E-state index in [1.165, 1.54) is 12.0 Å². The van der Waals surface area contributed by atoms with Gasteiger partial charge in [0.05, 0.1) is 0 Å². The van der Waals surface area contributed by atoms with Gasteiger partial charge in [0, 0.05) is 6.04 Å². The number of benzene rings is 2. The summed E-state index contributed by atoms with van der Waals surface area (Å²) in [6.07, 6.45) is 2.19. The van der Waals surface area contributed by atoms with Crippen LogP contribution in [0.4, 0.5) is 0 Å². The van der Waals surface area contributed by atoms with E-state index in [-0.39, 0.29) is 6.04 Å². The second-order valence-electron chi connectivity index (χ2n) is 5.34. The molecule has 2 heteroatoms. The minimum atomic E-state index is 0.107. The Morgan fingerprint density at radius 2 is 1.55 bits per heavy atom. The van der Waals surface area contributed by atoms with Crippen molar-refractivity contribution in [3.8, 4) is 11.5 Å². The van der Waals surface area contributed by atoms with E-state index in [1.807, 2.05) is 42.5 Å². The van der Waals surface area contributed by atoms with Crippen LogP contribution in [-0.4, -0.2) is 0 Å². The molecule has 0 fully saturated rings. The van der Waals surface area contributed by atoms with E-state index in [2.05, 4.69) is 26.0 Å². The fourth-order valence-corrected chi connectivity index (χ4v) is 2.14. The highest BCUT2D eigenvalue weighted by molar-refractivity contribution is 5.33. The molecule has 2 aromatic carbocycles. The van der Waals surface area contributed by atoms with Gasteiger partial charge in [0.1, 0.15) is 11.5 Å². The molecule has 2 N–H and O–H groups in total. The van der Waals surface area contributed by atoms with Crippen LogP contribution in [0, 0.1) is 5.92 Å². The predicted molar refractivity (Wildman–Crippen MR) is 84.0 cm³/mol. The molecule has 0 radical (unpaired) electrons. The molecule has 2 atom stereocenters. The molecule has 2 nitrogen and oxygen atoms in total. The molecule has 2 unspecified atom stereocenters. The highest BCUT2D eigenvalue weighted by Crippen LogP contribution is 2.25. The van der Waals surface area contributed by atoms with Crippen molar-refractivity contribution in [2.24, 2.45) is 11.7 Å². The quantitative estimate of drug-likeness (QED) is 0.808. The number of nitrogens with two attached hydrogens (primary N) is 1. The zero-order valence-electron chi connectivity index (χ0n) is 12.3. The maximum Gasteiger partial charge on any atom is 0.127 e. The molecule has 0 aliphatic carbocycles. The maximum atomic E-state index is 6.23. The standard InChI is InChI=1S/C18H23NO/c1-3-14(2)13-18(19)15-9-11-17(12-10-15)20-16-7-5-4-6-8-16/h4-12,14,18H,3,13,19H2,1-2H3. The molecule has 0 aliphatic heterocycles. The SMILES string of the molecule is CCC(C)CC(N)c1ccc(Oc2ccccc2)cc1. The van der Waals surface area contributed by atoms with E-state index in [4.69, 9.17) is 10.5 Å². The molecule has 20 heavy (non-hydrogen) atoms. The van der Waals surface area contributed by atoms with Crippen LogP contribution in [0.3, 0.4) is 0 Å². The van der Waals surface area contributed by atoms with Crippen LogP contribution in [0.25, 0.3) is 0 Å². The zero-order valence-corrected chi connectivity index (χ0v) is 12.3. The zero-order chi connectivity index (χ0) is 14.4. The van der Waals surface area contributed by atoms with Crippen molar-refractivity contribution < 1.29 is 4.74 Å². The maximum absolute atomic E-state index is 6.23. The summed E-state index contributed by atoms with van der Waals surface area (Å²) >= 11 is 0. The van der Waals surface area contributed by atoms with Gasteiger partial charge in [-0.3, -0.25) is 0 Å². The van der Waals surface area contributed by atoms with Gasteiger partial charge in [-0.15, -0.1) is 0 Å². The first-order valence-corrected chi connectivity index (χ1v) is 7.27. The average molecular weight is 269 g/mol. The van der Waals surface area contributed by atoms with E-state index in [1.54, 1.807) is 0 Å². The van der Waals surface area contributed by atoms with E-state index in [9.17, 15) is 0 Å². The summed E-state index contributed by atoms with van der Waals surface area (Å²) in [6.45, 7) is 4.45. The first-order chi connectivity index (χ1) is 9.69. The second kappa shape index (κ2) is 7.11. The average Bonchev–Trinajstić information content (AvgIpc) is 2.49. The molecule has 0 saturated heterocycles. The minimum Gasteiger partial charge on any atom is -0.457 e. The fourth-order valence-electron chi connectivity index (χ4n) is 2.14. The summed E-state index contributed by atoms with van der Waals surface area (Å²) in [7, 11) is 0. The van der Waals surface area contributed by atoms with Crippen LogP contribution in [0.2, 0.25) is 0 Å². The third-order valence-electron chi connectivity index (χ3n) is 3.64. The van der Waals surface area contributed by atoms with Crippen molar-refractivity contribution in [1.29, 1.82) is 0 Å². The van der Waals surface area contributed by atoms with Crippen LogP contribution >= 0.6 is 0 Å². The summed E-state index contributed by atoms with van der Waals surface area (Å²) in [5.41, 5.74) is 7.41. The van der Waals surface area contributed by atoms with Crippen molar-refractivity contribution in [2.45, 2.75) is 32.7 Å². The van der Waals surface area contributed by atoms with Crippen LogP contribution in [0.15, 0.2) is 54.6 Å². The summed E-state index contributed by atoms with van der Waals surface area (Å²) in [6, 6.07) is 18.0. The second-order valence-corrected chi connectivity index (χ2v) is 5.34. The lowest BCUT2D eigenvalue weighted by molar-refractivity contribution is 0.459. The van der Waals surface area contributed by atoms with Crippen LogP contribution in [0.1, 0.15) is 38.3 Å². The molecule has 2 rings (SSSR count). The van der Waals surface area contributed by atoms with Crippen LogP contribution in [0.5, 0.6) is 11.5 Å². The number of para-hydroxylation sites is 1. The molecular weight excluding hydrogens is 246 g/mol. The van der Waals surface area contributed by atoms with Crippen molar-refractivity contribution in [3.63, 3.8) is 0 Å². The molecule has 0 saturated carbocycles. The van der Waals surface area contributed by atoms with Gasteiger partial charge in [-0.05, 0) is 42.2 Å². The van der Waals surface area contributed by atoms with Crippen molar-refractivity contribution in [2.75, 3.05) is 0 Å². The first kappa shape index (κ1) is 14.6. The van der Waals surface area contributed by atoms with Crippen molar-refractivity contribution in [1.82, 2.24) is 0 Å². The summed E-state index contributed by atoms with van der Waals surface area (Å²) < 4.78 is 5.77. The van der Waals surface area contributed by atoms with Gasteiger partial charge < -0.3 is 10.5 Å². The number of rotatable bonds is 6. The first-order valence-electron chi connectivity index (χ1n) is 7.27. The van der Waals surface area contributed by atoms with Gasteiger partial charge in [-0.2, -0.15) is 0 Å². The van der Waals surface area contributed by atoms with E-state index < -0.39 is 0 Å². The van der Waals surface area contributed by atoms with Crippen LogP contribution in [-0.2, 0) is 0 Å². The Morgan fingerprint density at radius 3 is 2.15 bits per heavy atom. The lowest BCUT2D eigenvalue weighted by Crippen LogP contribution is -2.13. The molecule has 0 aromatic heterocycles. The van der Waals surface area contributed by atoms with Gasteiger partial charge in [0.25, 0.3) is 0 Å². The Balaban J connectivity index is 1.99. The summed E-state index contributed by atoms with van der Waals surface area (Å²) in [4.78, 5) is 0. The highest BCUT2D eigenvalue weighted by atomic mass is 16.5. The van der Waals surface area contributed by atoms with Crippen molar-refractivity contribution in [3.05, 3.63) is 60.2 Å². The smallest absolute Gasteiger partial charge is 0.127 e. The third-order valence-corrected chi connectivity index (χ3v) is 3.64. The monoisotopic (exact) mass is 269 g/mol. The molecule has 106 valence electrons. The topological polar surface area (TPSA) is 35.2 Å². The lowest BCUT2D eigenvalue weighted by Gasteiger charge is -2.16. The molecular formula is C18H23NO. The number of hydrogen-bond acceptors (Lipinski definition) is 2. The largest absolute Gasteiger partial charge is 0.457 e. The normalized spacial score (nSPS) is 13.8. The lowest BCUT2D eigenvalue weighted by atomic mass is 9.95. The van der Waals surface area contributed by atoms with Gasteiger partial charge in [-0.25, -0.2) is 0 Å². The number of ether oxygens (including phenoxy) is 1. The summed E-state index contributed by atoms with van der Waals surface area (Å²) in [5.74, 6) is 2.35. The molecule has 0 heterocycles. The van der Waals surface area contributed by atoms with Crippen molar-refractivity contribution >= 4 is 0 Å². The van der Waals surface area contributed by atoms with E-state index >= 15 is 0 Å². The predicted octanol–water partition coefficient (Wildman–Crippen LogP) is 4.91. The molecule has 0 aliphatic rings. The van der Waals surface area contributed by atoms with E-state index in [0.29, 0.717) is 5.92 Å². The third kappa shape index (κ3) is 4.10. The summed E-state index contributed by atoms with van der Waals surface area (Å²) in [5, 5.41) is 0. The van der Waals surface area contributed by atoms with Gasteiger partial charge in [0.2, 0.25) is 0 Å². The molecule has 0 bridgehead atoms. The van der Waals surface area contributed by atoms with E-state index in [0.717, 1.165) is 17.9 Å². The molecule has 2 aromatic rings. The highest BCUT2D eigenvalue weighted by Gasteiger charge is 2.10. The Hall–Kier alpha value is -1.80. The van der Waals surface area contributed by atoms with Gasteiger partial charge in [-0.1, -0.05) is 50.6 Å². The van der Waals surface area contributed by atoms with Crippen LogP contribution < -0.4 is 10.5 Å². The Kier molecular flexibility index (Phi) is 5.19. The molecule has 0 amide bonds. The van der Waals surface area contributed by atoms with Gasteiger partial charge >= 0.3 is 0 Å². The Labute approximate surface area is 121 Å². The van der Waals surface area contributed by atoms with Gasteiger partial charge in [0.15, 0.2) is 0 Å². The fraction of sp³-hybridized carbons (Fsp3) is 0.333.